The van der Waals surface area contributed by atoms with Gasteiger partial charge in [0.2, 0.25) is 11.8 Å². The number of imide groups is 1. The summed E-state index contributed by atoms with van der Waals surface area (Å²) >= 11 is 0. The minimum atomic E-state index is -0.848. The number of aliphatic hydroxyl groups is 1. The Labute approximate surface area is 118 Å². The molecule has 5 heteroatoms. The summed E-state index contributed by atoms with van der Waals surface area (Å²) < 4.78 is 0. The summed E-state index contributed by atoms with van der Waals surface area (Å²) in [6, 6.07) is 0. The average molecular weight is 279 g/mol. The lowest BCUT2D eigenvalue weighted by Gasteiger charge is -2.33. The zero-order valence-corrected chi connectivity index (χ0v) is 11.9. The van der Waals surface area contributed by atoms with Crippen LogP contribution in [0.5, 0.6) is 0 Å². The zero-order chi connectivity index (χ0) is 14.9. The number of carbonyl (C=O) groups is 3. The molecular weight excluding hydrogens is 258 g/mol. The molecule has 1 saturated carbocycles. The van der Waals surface area contributed by atoms with Gasteiger partial charge in [-0.1, -0.05) is 13.0 Å². The van der Waals surface area contributed by atoms with E-state index in [0.29, 0.717) is 37.7 Å². The Morgan fingerprint density at radius 2 is 1.90 bits per heavy atom. The van der Waals surface area contributed by atoms with Gasteiger partial charge >= 0.3 is 0 Å². The van der Waals surface area contributed by atoms with Crippen LogP contribution in [0.2, 0.25) is 0 Å². The molecule has 0 radical (unpaired) electrons. The Balaban J connectivity index is 2.04. The summed E-state index contributed by atoms with van der Waals surface area (Å²) in [7, 11) is 0. The molecule has 2 atom stereocenters. The van der Waals surface area contributed by atoms with E-state index in [-0.39, 0.29) is 29.4 Å². The third kappa shape index (κ3) is 3.54. The Morgan fingerprint density at radius 1 is 1.30 bits per heavy atom. The van der Waals surface area contributed by atoms with E-state index in [1.165, 1.54) is 0 Å². The first-order valence-corrected chi connectivity index (χ1v) is 7.05. The van der Waals surface area contributed by atoms with Gasteiger partial charge in [-0.05, 0) is 31.3 Å². The highest BCUT2D eigenvalue weighted by molar-refractivity contribution is 5.98. The zero-order valence-electron chi connectivity index (χ0n) is 11.9. The predicted molar refractivity (Wildman–Crippen MR) is 72.6 cm³/mol. The number of piperidine rings is 1. The third-order valence-electron chi connectivity index (χ3n) is 4.01. The summed E-state index contributed by atoms with van der Waals surface area (Å²) in [5.74, 6) is -0.650. The summed E-state index contributed by atoms with van der Waals surface area (Å²) in [5.41, 5.74) is -0.217. The van der Waals surface area contributed by atoms with Crippen molar-refractivity contribution in [2.45, 2.75) is 51.6 Å². The van der Waals surface area contributed by atoms with Crippen LogP contribution in [0.15, 0.2) is 11.6 Å². The van der Waals surface area contributed by atoms with Crippen molar-refractivity contribution in [3.8, 4) is 0 Å². The van der Waals surface area contributed by atoms with E-state index >= 15 is 0 Å². The molecule has 1 aliphatic carbocycles. The number of hydrogen-bond acceptors (Lipinski definition) is 4. The van der Waals surface area contributed by atoms with Crippen molar-refractivity contribution in [2.75, 3.05) is 0 Å². The maximum absolute atomic E-state index is 12.1. The molecule has 1 aliphatic heterocycles. The second-order valence-corrected chi connectivity index (χ2v) is 6.35. The second kappa shape index (κ2) is 5.48. The van der Waals surface area contributed by atoms with E-state index in [9.17, 15) is 19.5 Å². The van der Waals surface area contributed by atoms with Gasteiger partial charge in [0.15, 0.2) is 5.78 Å². The number of rotatable bonds is 2. The van der Waals surface area contributed by atoms with Crippen LogP contribution in [0.25, 0.3) is 0 Å². The molecule has 20 heavy (non-hydrogen) atoms. The minimum absolute atomic E-state index is 0.0428. The van der Waals surface area contributed by atoms with Crippen LogP contribution in [0.3, 0.4) is 0 Å². The molecule has 2 aliphatic rings. The van der Waals surface area contributed by atoms with Gasteiger partial charge in [-0.15, -0.1) is 0 Å². The molecule has 5 nitrogen and oxygen atoms in total. The number of carbonyl (C=O) groups excluding carboxylic acids is 3. The lowest BCUT2D eigenvalue weighted by atomic mass is 9.75. The fourth-order valence-corrected chi connectivity index (χ4v) is 3.14. The largest absolute Gasteiger partial charge is 0.390 e. The Hall–Kier alpha value is -1.49. The highest BCUT2D eigenvalue weighted by atomic mass is 16.3. The summed E-state index contributed by atoms with van der Waals surface area (Å²) in [6.45, 7) is 3.56. The summed E-state index contributed by atoms with van der Waals surface area (Å²) in [6.07, 6.45) is 3.80. The van der Waals surface area contributed by atoms with Gasteiger partial charge in [0.1, 0.15) is 0 Å². The van der Waals surface area contributed by atoms with Crippen molar-refractivity contribution < 1.29 is 19.5 Å². The van der Waals surface area contributed by atoms with Crippen molar-refractivity contribution in [3.63, 3.8) is 0 Å². The molecule has 0 aromatic heterocycles. The lowest BCUT2D eigenvalue weighted by Crippen LogP contribution is -2.39. The molecule has 0 aromatic carbocycles. The average Bonchev–Trinajstić information content (AvgIpc) is 2.30. The molecule has 2 rings (SSSR count). The molecule has 2 N–H and O–H groups in total. The molecular formula is C15H21NO4. The molecule has 2 amide bonds. The Kier molecular flexibility index (Phi) is 4.09. The number of amides is 2. The van der Waals surface area contributed by atoms with Crippen LogP contribution >= 0.6 is 0 Å². The molecule has 1 heterocycles. The van der Waals surface area contributed by atoms with E-state index in [1.807, 2.05) is 13.0 Å². The number of Topliss-reactive ketones (excluding diaryl/α,β-unsaturated/α-hetero) is 1. The number of ketones is 1. The van der Waals surface area contributed by atoms with Gasteiger partial charge in [-0.25, -0.2) is 0 Å². The number of nitrogens with one attached hydrogen (secondary N) is 1. The Morgan fingerprint density at radius 3 is 2.50 bits per heavy atom. The van der Waals surface area contributed by atoms with Crippen molar-refractivity contribution in [1.82, 2.24) is 5.32 Å². The summed E-state index contributed by atoms with van der Waals surface area (Å²) in [4.78, 5) is 34.7. The van der Waals surface area contributed by atoms with Crippen LogP contribution in [-0.2, 0) is 14.4 Å². The maximum Gasteiger partial charge on any atom is 0.226 e. The van der Waals surface area contributed by atoms with Crippen molar-refractivity contribution in [1.29, 1.82) is 0 Å². The fourth-order valence-electron chi connectivity index (χ4n) is 3.14. The first kappa shape index (κ1) is 14.9. The van der Waals surface area contributed by atoms with Crippen molar-refractivity contribution >= 4 is 17.6 Å². The van der Waals surface area contributed by atoms with E-state index in [0.717, 1.165) is 0 Å². The van der Waals surface area contributed by atoms with Crippen LogP contribution in [0.1, 0.15) is 46.0 Å². The molecule has 0 bridgehead atoms. The summed E-state index contributed by atoms with van der Waals surface area (Å²) in [5, 5.41) is 12.4. The van der Waals surface area contributed by atoms with E-state index in [4.69, 9.17) is 0 Å². The fraction of sp³-hybridized carbons (Fsp3) is 0.667. The van der Waals surface area contributed by atoms with Crippen LogP contribution < -0.4 is 5.32 Å². The molecule has 0 unspecified atom stereocenters. The van der Waals surface area contributed by atoms with Crippen molar-refractivity contribution in [2.24, 2.45) is 11.8 Å². The Bertz CT molecular complexity index is 462. The van der Waals surface area contributed by atoms with E-state index in [2.05, 4.69) is 5.32 Å². The van der Waals surface area contributed by atoms with E-state index in [1.54, 1.807) is 6.92 Å². The van der Waals surface area contributed by atoms with Gasteiger partial charge in [0.25, 0.3) is 0 Å². The van der Waals surface area contributed by atoms with Gasteiger partial charge < -0.3 is 5.11 Å². The van der Waals surface area contributed by atoms with Gasteiger partial charge in [0.05, 0.1) is 5.60 Å². The lowest BCUT2D eigenvalue weighted by molar-refractivity contribution is -0.134. The topological polar surface area (TPSA) is 83.5 Å². The molecule has 0 aromatic rings. The van der Waals surface area contributed by atoms with Gasteiger partial charge in [0, 0.05) is 25.2 Å². The predicted octanol–water partition coefficient (Wildman–Crippen LogP) is 1.11. The number of hydrogen-bond donors (Lipinski definition) is 2. The van der Waals surface area contributed by atoms with Crippen LogP contribution in [0, 0.1) is 11.8 Å². The SMILES string of the molecule is C[C@@H]1C[C@@](C)(O)C/C(=C\CC2CC(=O)NC(=O)C2)C1=O. The molecule has 2 fully saturated rings. The van der Waals surface area contributed by atoms with Gasteiger partial charge in [-0.2, -0.15) is 0 Å². The monoisotopic (exact) mass is 279 g/mol. The molecule has 1 saturated heterocycles. The minimum Gasteiger partial charge on any atom is -0.390 e. The standard InChI is InChI=1S/C15H21NO4/c1-9-7-15(2,20)8-11(14(9)19)4-3-10-5-12(17)16-13(18)6-10/h4,9-10,20H,3,5-8H2,1-2H3,(H,16,17,18)/b11-4+/t9-,15-/m1/s1. The van der Waals surface area contributed by atoms with Crippen LogP contribution in [-0.4, -0.2) is 28.3 Å². The van der Waals surface area contributed by atoms with Gasteiger partial charge in [-0.3, -0.25) is 19.7 Å². The van der Waals surface area contributed by atoms with Crippen LogP contribution in [0.4, 0.5) is 0 Å². The molecule has 110 valence electrons. The number of allylic oxidation sites excluding steroid dienone is 1. The first-order valence-electron chi connectivity index (χ1n) is 7.05. The normalized spacial score (nSPS) is 34.5. The smallest absolute Gasteiger partial charge is 0.226 e. The highest BCUT2D eigenvalue weighted by Crippen LogP contribution is 2.34. The first-order chi connectivity index (χ1) is 9.27. The van der Waals surface area contributed by atoms with E-state index < -0.39 is 5.60 Å². The quantitative estimate of drug-likeness (QED) is 0.586. The van der Waals surface area contributed by atoms with Crippen molar-refractivity contribution in [3.05, 3.63) is 11.6 Å². The maximum atomic E-state index is 12.1. The third-order valence-corrected chi connectivity index (χ3v) is 4.01. The second-order valence-electron chi connectivity index (χ2n) is 6.35. The molecule has 0 spiro atoms. The highest BCUT2D eigenvalue weighted by Gasteiger charge is 2.36.